The third kappa shape index (κ3) is 4.00. The number of nitrogens with zero attached hydrogens (tertiary/aromatic N) is 2. The third-order valence-corrected chi connectivity index (χ3v) is 4.36. The monoisotopic (exact) mass is 261 g/mol. The van der Waals surface area contributed by atoms with Crippen molar-refractivity contribution in [2.45, 2.75) is 64.8 Å². The minimum atomic E-state index is 0.177. The van der Waals surface area contributed by atoms with Crippen LogP contribution in [0.1, 0.15) is 63.8 Å². The van der Waals surface area contributed by atoms with Crippen LogP contribution in [0, 0.1) is 11.8 Å². The Hall–Kier alpha value is -0.960. The van der Waals surface area contributed by atoms with Crippen molar-refractivity contribution in [2.24, 2.45) is 17.6 Å². The van der Waals surface area contributed by atoms with Crippen LogP contribution >= 0.6 is 0 Å². The Bertz CT molecular complexity index is 375. The normalized spacial score (nSPS) is 25.5. The average molecular weight is 261 g/mol. The van der Waals surface area contributed by atoms with Crippen molar-refractivity contribution in [3.63, 3.8) is 0 Å². The maximum atomic E-state index is 5.79. The van der Waals surface area contributed by atoms with E-state index in [0.717, 1.165) is 29.6 Å². The van der Waals surface area contributed by atoms with Crippen LogP contribution in [-0.4, -0.2) is 16.0 Å². The van der Waals surface area contributed by atoms with Gasteiger partial charge in [-0.25, -0.2) is 9.97 Å². The average Bonchev–Trinajstić information content (AvgIpc) is 2.39. The minimum Gasteiger partial charge on any atom is -0.328 e. The largest absolute Gasteiger partial charge is 0.328 e. The van der Waals surface area contributed by atoms with Crippen molar-refractivity contribution in [2.75, 3.05) is 0 Å². The summed E-state index contributed by atoms with van der Waals surface area (Å²) in [5.41, 5.74) is 6.94. The van der Waals surface area contributed by atoms with Crippen LogP contribution in [0.4, 0.5) is 0 Å². The van der Waals surface area contributed by atoms with Crippen LogP contribution in [0.2, 0.25) is 0 Å². The first-order valence-electron chi connectivity index (χ1n) is 7.62. The fourth-order valence-electron chi connectivity index (χ4n) is 3.10. The van der Waals surface area contributed by atoms with Gasteiger partial charge in [-0.15, -0.1) is 0 Å². The molecule has 0 radical (unpaired) electrons. The molecule has 0 bridgehead atoms. The number of rotatable bonds is 4. The Morgan fingerprint density at radius 2 is 1.68 bits per heavy atom. The maximum absolute atomic E-state index is 5.79. The van der Waals surface area contributed by atoms with Crippen molar-refractivity contribution in [1.29, 1.82) is 0 Å². The lowest BCUT2D eigenvalue weighted by atomic mass is 9.77. The smallest absolute Gasteiger partial charge is 0.131 e. The van der Waals surface area contributed by atoms with Crippen LogP contribution in [0.25, 0.3) is 0 Å². The zero-order valence-corrected chi connectivity index (χ0v) is 12.5. The van der Waals surface area contributed by atoms with Crippen LogP contribution in [0.3, 0.4) is 0 Å². The van der Waals surface area contributed by atoms with Crippen molar-refractivity contribution >= 4 is 0 Å². The highest BCUT2D eigenvalue weighted by molar-refractivity contribution is 5.09. The Balaban J connectivity index is 1.92. The van der Waals surface area contributed by atoms with E-state index in [-0.39, 0.29) is 6.04 Å². The predicted molar refractivity (Wildman–Crippen MR) is 78.9 cm³/mol. The van der Waals surface area contributed by atoms with E-state index in [0.29, 0.717) is 5.92 Å². The van der Waals surface area contributed by atoms with E-state index in [2.05, 4.69) is 23.8 Å². The van der Waals surface area contributed by atoms with Gasteiger partial charge in [0.2, 0.25) is 0 Å². The Morgan fingerprint density at radius 1 is 1.11 bits per heavy atom. The van der Waals surface area contributed by atoms with Crippen LogP contribution < -0.4 is 5.73 Å². The first-order valence-corrected chi connectivity index (χ1v) is 7.62. The van der Waals surface area contributed by atoms with E-state index in [4.69, 9.17) is 5.73 Å². The summed E-state index contributed by atoms with van der Waals surface area (Å²) in [5.74, 6) is 3.32. The molecule has 19 heavy (non-hydrogen) atoms. The van der Waals surface area contributed by atoms with Gasteiger partial charge in [0.15, 0.2) is 0 Å². The molecule has 2 N–H and O–H groups in total. The minimum absolute atomic E-state index is 0.177. The Kier molecular flexibility index (Phi) is 4.92. The van der Waals surface area contributed by atoms with Gasteiger partial charge in [0.1, 0.15) is 5.82 Å². The van der Waals surface area contributed by atoms with Crippen LogP contribution in [0.15, 0.2) is 12.4 Å². The second kappa shape index (κ2) is 6.47. The van der Waals surface area contributed by atoms with Crippen molar-refractivity contribution in [3.8, 4) is 0 Å². The lowest BCUT2D eigenvalue weighted by molar-refractivity contribution is 0.254. The standard InChI is InChI=1S/C16H27N3/c1-11(2)14-4-6-15(7-5-14)16-18-9-13(10-19-16)8-12(3)17/h9-12,14-15H,4-8,17H2,1-3H3. The summed E-state index contributed by atoms with van der Waals surface area (Å²) in [6, 6.07) is 0.177. The van der Waals surface area contributed by atoms with Gasteiger partial charge in [0.05, 0.1) is 0 Å². The molecule has 1 saturated carbocycles. The molecule has 0 aromatic carbocycles. The SMILES string of the molecule is CC(N)Cc1cnc(C2CCC(C(C)C)CC2)nc1. The van der Waals surface area contributed by atoms with Crippen molar-refractivity contribution < 1.29 is 0 Å². The van der Waals surface area contributed by atoms with E-state index >= 15 is 0 Å². The summed E-state index contributed by atoms with van der Waals surface area (Å²) in [6.45, 7) is 6.69. The highest BCUT2D eigenvalue weighted by atomic mass is 14.9. The van der Waals surface area contributed by atoms with Crippen molar-refractivity contribution in [1.82, 2.24) is 9.97 Å². The lowest BCUT2D eigenvalue weighted by Gasteiger charge is -2.30. The predicted octanol–water partition coefficient (Wildman–Crippen LogP) is 3.30. The van der Waals surface area contributed by atoms with E-state index in [1.165, 1.54) is 25.7 Å². The van der Waals surface area contributed by atoms with E-state index in [1.54, 1.807) is 0 Å². The van der Waals surface area contributed by atoms with Gasteiger partial charge >= 0.3 is 0 Å². The summed E-state index contributed by atoms with van der Waals surface area (Å²) in [7, 11) is 0. The molecule has 3 nitrogen and oxygen atoms in total. The fourth-order valence-corrected chi connectivity index (χ4v) is 3.10. The van der Waals surface area contributed by atoms with Gasteiger partial charge in [-0.2, -0.15) is 0 Å². The van der Waals surface area contributed by atoms with Crippen molar-refractivity contribution in [3.05, 3.63) is 23.8 Å². The highest BCUT2D eigenvalue weighted by Crippen LogP contribution is 2.37. The second-order valence-electron chi connectivity index (χ2n) is 6.49. The quantitative estimate of drug-likeness (QED) is 0.904. The van der Waals surface area contributed by atoms with Gasteiger partial charge in [0.25, 0.3) is 0 Å². The molecule has 1 fully saturated rings. The van der Waals surface area contributed by atoms with E-state index in [9.17, 15) is 0 Å². The summed E-state index contributed by atoms with van der Waals surface area (Å²) >= 11 is 0. The molecule has 2 rings (SSSR count). The van der Waals surface area contributed by atoms with Gasteiger partial charge in [0, 0.05) is 24.4 Å². The molecular formula is C16H27N3. The molecule has 1 aliphatic rings. The summed E-state index contributed by atoms with van der Waals surface area (Å²) < 4.78 is 0. The third-order valence-electron chi connectivity index (χ3n) is 4.36. The van der Waals surface area contributed by atoms with E-state index < -0.39 is 0 Å². The second-order valence-corrected chi connectivity index (χ2v) is 6.49. The summed E-state index contributed by atoms with van der Waals surface area (Å²) in [4.78, 5) is 9.12. The Morgan fingerprint density at radius 3 is 2.16 bits per heavy atom. The molecule has 0 amide bonds. The number of hydrogen-bond donors (Lipinski definition) is 1. The topological polar surface area (TPSA) is 51.8 Å². The number of aromatic nitrogens is 2. The molecule has 1 aromatic rings. The molecular weight excluding hydrogens is 234 g/mol. The highest BCUT2D eigenvalue weighted by Gasteiger charge is 2.25. The molecule has 1 atom stereocenters. The zero-order chi connectivity index (χ0) is 13.8. The molecule has 1 aliphatic carbocycles. The molecule has 1 aromatic heterocycles. The first kappa shape index (κ1) is 14.4. The van der Waals surface area contributed by atoms with Gasteiger partial charge in [-0.1, -0.05) is 13.8 Å². The zero-order valence-electron chi connectivity index (χ0n) is 12.5. The molecule has 1 unspecified atom stereocenters. The molecule has 106 valence electrons. The summed E-state index contributed by atoms with van der Waals surface area (Å²) in [5, 5.41) is 0. The van der Waals surface area contributed by atoms with Crippen LogP contribution in [0.5, 0.6) is 0 Å². The fraction of sp³-hybridized carbons (Fsp3) is 0.750. The number of nitrogens with two attached hydrogens (primary N) is 1. The lowest BCUT2D eigenvalue weighted by Crippen LogP contribution is -2.20. The van der Waals surface area contributed by atoms with Crippen LogP contribution in [-0.2, 0) is 6.42 Å². The maximum Gasteiger partial charge on any atom is 0.131 e. The van der Waals surface area contributed by atoms with Gasteiger partial charge < -0.3 is 5.73 Å². The van der Waals surface area contributed by atoms with E-state index in [1.807, 2.05) is 19.3 Å². The van der Waals surface area contributed by atoms with Gasteiger partial charge in [-0.05, 0) is 56.4 Å². The molecule has 3 heteroatoms. The Labute approximate surface area is 117 Å². The number of hydrogen-bond acceptors (Lipinski definition) is 3. The molecule has 1 heterocycles. The summed E-state index contributed by atoms with van der Waals surface area (Å²) in [6.07, 6.45) is 9.92. The van der Waals surface area contributed by atoms with Gasteiger partial charge in [-0.3, -0.25) is 0 Å². The molecule has 0 aliphatic heterocycles. The first-order chi connectivity index (χ1) is 9.06. The molecule has 0 saturated heterocycles. The molecule has 0 spiro atoms.